The summed E-state index contributed by atoms with van der Waals surface area (Å²) in [5, 5.41) is 3.52. The molecule has 5 heteroatoms. The Balaban J connectivity index is 2.32. The molecule has 0 saturated heterocycles. The molecule has 0 bridgehead atoms. The first-order chi connectivity index (χ1) is 9.72. The Kier molecular flexibility index (Phi) is 9.39. The monoisotopic (exact) mass is 289 g/mol. The van der Waals surface area contributed by atoms with E-state index in [1.165, 1.54) is 0 Å². The predicted octanol–water partition coefficient (Wildman–Crippen LogP) is 1.60. The van der Waals surface area contributed by atoms with Crippen LogP contribution >= 0.6 is 0 Å². The molecule has 0 aromatic heterocycles. The van der Waals surface area contributed by atoms with Crippen LogP contribution in [0.15, 0.2) is 0 Å². The van der Waals surface area contributed by atoms with E-state index < -0.39 is 0 Å². The molecule has 0 radical (unpaired) electrons. The summed E-state index contributed by atoms with van der Waals surface area (Å²) in [5.41, 5.74) is 0. The van der Waals surface area contributed by atoms with Crippen molar-refractivity contribution in [2.24, 2.45) is 0 Å². The standard InChI is InChI=1S/C15H31NO4/c1-5-7-16-13-10-14(15(13)19-9-8-17-4)20-12(3)11-18-6-2/h12-16H,5-11H2,1-4H3. The Labute approximate surface area is 123 Å². The second-order valence-electron chi connectivity index (χ2n) is 5.27. The fourth-order valence-electron chi connectivity index (χ4n) is 2.36. The zero-order valence-electron chi connectivity index (χ0n) is 13.4. The first kappa shape index (κ1) is 17.9. The van der Waals surface area contributed by atoms with Crippen LogP contribution < -0.4 is 5.32 Å². The van der Waals surface area contributed by atoms with Gasteiger partial charge in [0, 0.05) is 19.8 Å². The van der Waals surface area contributed by atoms with Crippen molar-refractivity contribution in [2.45, 2.75) is 58.0 Å². The largest absolute Gasteiger partial charge is 0.382 e. The topological polar surface area (TPSA) is 49.0 Å². The van der Waals surface area contributed by atoms with Gasteiger partial charge in [-0.2, -0.15) is 0 Å². The molecule has 0 aromatic carbocycles. The van der Waals surface area contributed by atoms with Gasteiger partial charge < -0.3 is 24.3 Å². The van der Waals surface area contributed by atoms with Crippen LogP contribution in [0.5, 0.6) is 0 Å². The molecule has 1 N–H and O–H groups in total. The van der Waals surface area contributed by atoms with Gasteiger partial charge in [0.25, 0.3) is 0 Å². The van der Waals surface area contributed by atoms with E-state index in [0.717, 1.165) is 26.0 Å². The van der Waals surface area contributed by atoms with Crippen LogP contribution in [0.3, 0.4) is 0 Å². The molecule has 120 valence electrons. The van der Waals surface area contributed by atoms with Crippen LogP contribution in [0.2, 0.25) is 0 Å². The summed E-state index contributed by atoms with van der Waals surface area (Å²) < 4.78 is 22.3. The van der Waals surface area contributed by atoms with Gasteiger partial charge in [-0.15, -0.1) is 0 Å². The van der Waals surface area contributed by atoms with Gasteiger partial charge in [-0.1, -0.05) is 6.92 Å². The van der Waals surface area contributed by atoms with Crippen molar-refractivity contribution < 1.29 is 18.9 Å². The highest BCUT2D eigenvalue weighted by molar-refractivity contribution is 4.97. The second kappa shape index (κ2) is 10.5. The molecule has 1 fully saturated rings. The maximum Gasteiger partial charge on any atom is 0.0991 e. The summed E-state index contributed by atoms with van der Waals surface area (Å²) in [5.74, 6) is 0. The number of methoxy groups -OCH3 is 1. The van der Waals surface area contributed by atoms with Gasteiger partial charge in [-0.25, -0.2) is 0 Å². The third kappa shape index (κ3) is 6.06. The van der Waals surface area contributed by atoms with Gasteiger partial charge in [-0.05, 0) is 33.2 Å². The Bertz CT molecular complexity index is 240. The minimum Gasteiger partial charge on any atom is -0.382 e. The first-order valence-corrected chi connectivity index (χ1v) is 7.80. The minimum absolute atomic E-state index is 0.112. The lowest BCUT2D eigenvalue weighted by Gasteiger charge is -2.45. The molecule has 20 heavy (non-hydrogen) atoms. The first-order valence-electron chi connectivity index (χ1n) is 7.80. The predicted molar refractivity (Wildman–Crippen MR) is 79.1 cm³/mol. The summed E-state index contributed by atoms with van der Waals surface area (Å²) in [6, 6.07) is 0.399. The molecule has 0 heterocycles. The third-order valence-corrected chi connectivity index (χ3v) is 3.47. The number of ether oxygens (including phenoxy) is 4. The lowest BCUT2D eigenvalue weighted by atomic mass is 9.85. The fraction of sp³-hybridized carbons (Fsp3) is 1.00. The lowest BCUT2D eigenvalue weighted by molar-refractivity contribution is -0.176. The number of hydrogen-bond donors (Lipinski definition) is 1. The summed E-state index contributed by atoms with van der Waals surface area (Å²) in [7, 11) is 1.69. The normalized spacial score (nSPS) is 27.3. The fourth-order valence-corrected chi connectivity index (χ4v) is 2.36. The van der Waals surface area contributed by atoms with Crippen molar-refractivity contribution in [2.75, 3.05) is 40.1 Å². The third-order valence-electron chi connectivity index (χ3n) is 3.47. The molecule has 0 aromatic rings. The molecular weight excluding hydrogens is 258 g/mol. The highest BCUT2D eigenvalue weighted by atomic mass is 16.6. The van der Waals surface area contributed by atoms with E-state index in [2.05, 4.69) is 19.2 Å². The van der Waals surface area contributed by atoms with Gasteiger partial charge in [0.1, 0.15) is 0 Å². The van der Waals surface area contributed by atoms with Crippen LogP contribution in [0.4, 0.5) is 0 Å². The van der Waals surface area contributed by atoms with Gasteiger partial charge in [-0.3, -0.25) is 0 Å². The van der Waals surface area contributed by atoms with Crippen LogP contribution in [-0.4, -0.2) is 64.4 Å². The average molecular weight is 289 g/mol. The molecular formula is C15H31NO4. The molecule has 4 unspecified atom stereocenters. The molecule has 1 rings (SSSR count). The van der Waals surface area contributed by atoms with E-state index in [1.54, 1.807) is 7.11 Å². The van der Waals surface area contributed by atoms with Crippen molar-refractivity contribution in [1.29, 1.82) is 0 Å². The Morgan fingerprint density at radius 3 is 2.70 bits per heavy atom. The number of nitrogens with one attached hydrogen (secondary N) is 1. The maximum atomic E-state index is 6.01. The molecule has 1 aliphatic rings. The van der Waals surface area contributed by atoms with Crippen LogP contribution in [0.1, 0.15) is 33.6 Å². The van der Waals surface area contributed by atoms with E-state index in [0.29, 0.717) is 25.9 Å². The van der Waals surface area contributed by atoms with E-state index in [1.807, 2.05) is 6.92 Å². The van der Waals surface area contributed by atoms with Crippen LogP contribution in [-0.2, 0) is 18.9 Å². The smallest absolute Gasteiger partial charge is 0.0991 e. The van der Waals surface area contributed by atoms with Gasteiger partial charge in [0.05, 0.1) is 38.1 Å². The Morgan fingerprint density at radius 2 is 2.05 bits per heavy atom. The van der Waals surface area contributed by atoms with Crippen LogP contribution in [0, 0.1) is 0 Å². The van der Waals surface area contributed by atoms with Crippen LogP contribution in [0.25, 0.3) is 0 Å². The van der Waals surface area contributed by atoms with E-state index in [-0.39, 0.29) is 18.3 Å². The summed E-state index contributed by atoms with van der Waals surface area (Å²) in [4.78, 5) is 0. The van der Waals surface area contributed by atoms with E-state index >= 15 is 0 Å². The Hall–Kier alpha value is -0.200. The van der Waals surface area contributed by atoms with Gasteiger partial charge in [0.2, 0.25) is 0 Å². The molecule has 0 spiro atoms. The summed E-state index contributed by atoms with van der Waals surface area (Å²) in [6.07, 6.45) is 2.54. The number of hydrogen-bond acceptors (Lipinski definition) is 5. The van der Waals surface area contributed by atoms with Crippen molar-refractivity contribution >= 4 is 0 Å². The average Bonchev–Trinajstić information content (AvgIpc) is 2.44. The van der Waals surface area contributed by atoms with Crippen molar-refractivity contribution in [3.63, 3.8) is 0 Å². The SMILES string of the molecule is CCCNC1CC(OC(C)COCC)C1OCCOC. The lowest BCUT2D eigenvalue weighted by Crippen LogP contribution is -2.61. The zero-order valence-corrected chi connectivity index (χ0v) is 13.4. The molecule has 0 aliphatic heterocycles. The molecule has 1 aliphatic carbocycles. The molecule has 4 atom stereocenters. The molecule has 1 saturated carbocycles. The Morgan fingerprint density at radius 1 is 1.25 bits per heavy atom. The van der Waals surface area contributed by atoms with Gasteiger partial charge in [0.15, 0.2) is 0 Å². The number of rotatable bonds is 12. The second-order valence-corrected chi connectivity index (χ2v) is 5.27. The van der Waals surface area contributed by atoms with E-state index in [4.69, 9.17) is 18.9 Å². The summed E-state index contributed by atoms with van der Waals surface area (Å²) in [6.45, 7) is 9.85. The molecule has 0 amide bonds. The van der Waals surface area contributed by atoms with Crippen molar-refractivity contribution in [3.05, 3.63) is 0 Å². The quantitative estimate of drug-likeness (QED) is 0.553. The summed E-state index contributed by atoms with van der Waals surface area (Å²) >= 11 is 0. The highest BCUT2D eigenvalue weighted by Crippen LogP contribution is 2.28. The molecule has 5 nitrogen and oxygen atoms in total. The van der Waals surface area contributed by atoms with E-state index in [9.17, 15) is 0 Å². The zero-order chi connectivity index (χ0) is 14.8. The maximum absolute atomic E-state index is 6.01. The minimum atomic E-state index is 0.112. The van der Waals surface area contributed by atoms with Gasteiger partial charge >= 0.3 is 0 Å². The highest BCUT2D eigenvalue weighted by Gasteiger charge is 2.43. The van der Waals surface area contributed by atoms with Crippen molar-refractivity contribution in [3.8, 4) is 0 Å². The van der Waals surface area contributed by atoms with Crippen molar-refractivity contribution in [1.82, 2.24) is 5.32 Å².